The van der Waals surface area contributed by atoms with E-state index < -0.39 is 41.5 Å². The lowest BCUT2D eigenvalue weighted by Crippen LogP contribution is -2.55. The number of nitrogens with zero attached hydrogens (tertiary/aromatic N) is 5. The summed E-state index contributed by atoms with van der Waals surface area (Å²) in [7, 11) is 0. The van der Waals surface area contributed by atoms with Gasteiger partial charge in [-0.25, -0.2) is 4.68 Å². The third kappa shape index (κ3) is 3.37. The maximum atomic E-state index is 14.1. The van der Waals surface area contributed by atoms with Crippen LogP contribution in [-0.4, -0.2) is 91.7 Å². The number of fused-ring (bicyclic) bond motifs is 3. The van der Waals surface area contributed by atoms with Crippen molar-refractivity contribution in [3.8, 4) is 0 Å². The molecule has 0 radical (unpaired) electrons. The van der Waals surface area contributed by atoms with Gasteiger partial charge in [-0.2, -0.15) is 0 Å². The highest BCUT2D eigenvalue weighted by molar-refractivity contribution is 5.99. The fourth-order valence-corrected chi connectivity index (χ4v) is 5.96. The number of carbonyl (C=O) groups is 3. The zero-order valence-corrected chi connectivity index (χ0v) is 19.6. The molecule has 0 aliphatic carbocycles. The van der Waals surface area contributed by atoms with E-state index in [1.165, 1.54) is 4.90 Å². The lowest BCUT2D eigenvalue weighted by molar-refractivity contribution is -0.155. The van der Waals surface area contributed by atoms with E-state index in [1.54, 1.807) is 21.7 Å². The second-order valence-electron chi connectivity index (χ2n) is 9.52. The number of likely N-dealkylation sites (tertiary alicyclic amines) is 1. The summed E-state index contributed by atoms with van der Waals surface area (Å²) in [6, 6.07) is 6.42. The molecule has 6 rings (SSSR count). The number of para-hydroxylation sites is 1. The van der Waals surface area contributed by atoms with Crippen LogP contribution in [0.5, 0.6) is 0 Å². The van der Waals surface area contributed by atoms with Crippen LogP contribution in [0.2, 0.25) is 0 Å². The minimum atomic E-state index is -1.35. The van der Waals surface area contributed by atoms with Crippen molar-refractivity contribution in [2.45, 2.75) is 37.3 Å². The number of aliphatic hydroxyl groups is 1. The standard InChI is InChI=1S/C25H27N5O6/c31-13-12-29-21-23(33)28(15-30-17-8-4-3-7-16(17)26-27-30)11-6-10-25(21)20(22(29)32)19-18(36-25)9-2-1-5-14-35-24(19)34/h2-4,6-10,18-21,31H,1,5,11-15H2/b9-2-/t18-,19+,20+,21?,25+/m1/s1. The molecule has 1 unspecified atom stereocenters. The number of amides is 2. The maximum absolute atomic E-state index is 14.1. The second-order valence-corrected chi connectivity index (χ2v) is 9.52. The lowest BCUT2D eigenvalue weighted by Gasteiger charge is -2.35. The van der Waals surface area contributed by atoms with Crippen molar-refractivity contribution in [1.82, 2.24) is 24.8 Å². The molecule has 11 heteroatoms. The number of aliphatic hydroxyl groups excluding tert-OH is 1. The van der Waals surface area contributed by atoms with Crippen molar-refractivity contribution in [2.24, 2.45) is 11.8 Å². The predicted octanol–water partition coefficient (Wildman–Crippen LogP) is 0.254. The molecule has 2 amide bonds. The predicted molar refractivity (Wildman–Crippen MR) is 125 cm³/mol. The van der Waals surface area contributed by atoms with Gasteiger partial charge in [-0.1, -0.05) is 41.7 Å². The summed E-state index contributed by atoms with van der Waals surface area (Å²) in [4.78, 5) is 43.9. The minimum absolute atomic E-state index is 0.0486. The maximum Gasteiger partial charge on any atom is 0.312 e. The highest BCUT2D eigenvalue weighted by Crippen LogP contribution is 2.53. The number of hydrogen-bond donors (Lipinski definition) is 1. The van der Waals surface area contributed by atoms with Gasteiger partial charge in [0.25, 0.3) is 5.91 Å². The first-order valence-corrected chi connectivity index (χ1v) is 12.2. The molecular weight excluding hydrogens is 466 g/mol. The van der Waals surface area contributed by atoms with E-state index in [2.05, 4.69) is 10.3 Å². The molecule has 4 aliphatic rings. The van der Waals surface area contributed by atoms with Crippen molar-refractivity contribution in [3.63, 3.8) is 0 Å². The molecule has 1 N–H and O–H groups in total. The number of β-amino-alcohol motifs (C(OH)–C–C–N with tert-alkyl or cyclic N) is 1. The van der Waals surface area contributed by atoms with Gasteiger partial charge in [0.1, 0.15) is 29.7 Å². The Morgan fingerprint density at radius 1 is 1.14 bits per heavy atom. The number of aromatic nitrogens is 3. The van der Waals surface area contributed by atoms with Crippen LogP contribution >= 0.6 is 0 Å². The Hall–Kier alpha value is -3.57. The Morgan fingerprint density at radius 2 is 2.00 bits per heavy atom. The highest BCUT2D eigenvalue weighted by atomic mass is 16.6. The van der Waals surface area contributed by atoms with Crippen molar-refractivity contribution < 1.29 is 29.0 Å². The Morgan fingerprint density at radius 3 is 2.86 bits per heavy atom. The summed E-state index contributed by atoms with van der Waals surface area (Å²) in [5.41, 5.74) is 0.141. The Kier molecular flexibility index (Phi) is 5.60. The molecule has 1 aromatic heterocycles. The van der Waals surface area contributed by atoms with Gasteiger partial charge in [0.05, 0.1) is 30.8 Å². The molecule has 5 heterocycles. The third-order valence-corrected chi connectivity index (χ3v) is 7.50. The number of ether oxygens (including phenoxy) is 2. The molecule has 36 heavy (non-hydrogen) atoms. The van der Waals surface area contributed by atoms with Crippen LogP contribution in [0.3, 0.4) is 0 Å². The topological polar surface area (TPSA) is 127 Å². The molecule has 2 fully saturated rings. The quantitative estimate of drug-likeness (QED) is 0.475. The molecule has 1 aromatic carbocycles. The smallest absolute Gasteiger partial charge is 0.312 e. The van der Waals surface area contributed by atoms with E-state index in [1.807, 2.05) is 36.4 Å². The van der Waals surface area contributed by atoms with Crippen molar-refractivity contribution in [1.29, 1.82) is 0 Å². The van der Waals surface area contributed by atoms with Crippen LogP contribution in [-0.2, 0) is 30.5 Å². The van der Waals surface area contributed by atoms with Crippen molar-refractivity contribution >= 4 is 28.8 Å². The molecule has 5 atom stereocenters. The highest BCUT2D eigenvalue weighted by Gasteiger charge is 2.71. The van der Waals surface area contributed by atoms with E-state index in [4.69, 9.17) is 9.47 Å². The number of rotatable bonds is 4. The summed E-state index contributed by atoms with van der Waals surface area (Å²) in [6.07, 6.45) is 8.04. The van der Waals surface area contributed by atoms with Gasteiger partial charge in [0, 0.05) is 13.1 Å². The van der Waals surface area contributed by atoms with Crippen LogP contribution in [0.1, 0.15) is 12.8 Å². The number of cyclic esters (lactones) is 1. The zero-order chi connectivity index (χ0) is 24.9. The van der Waals surface area contributed by atoms with E-state index in [0.717, 1.165) is 11.9 Å². The average molecular weight is 494 g/mol. The SMILES string of the molecule is O=C1OCCC/C=C\[C@H]2O[C@]34C=CCN(Cn5nnc6ccccc65)C(=O)C3N(CCO)C(=O)[C@@H]4[C@@H]12. The van der Waals surface area contributed by atoms with Gasteiger partial charge in [-0.15, -0.1) is 5.10 Å². The largest absolute Gasteiger partial charge is 0.465 e. The second kappa shape index (κ2) is 8.82. The van der Waals surface area contributed by atoms with E-state index in [-0.39, 0.29) is 38.9 Å². The summed E-state index contributed by atoms with van der Waals surface area (Å²) in [5, 5.41) is 18.1. The molecule has 4 aliphatic heterocycles. The Bertz CT molecular complexity index is 1270. The van der Waals surface area contributed by atoms with Gasteiger partial charge in [-0.3, -0.25) is 14.4 Å². The van der Waals surface area contributed by atoms with Gasteiger partial charge < -0.3 is 24.4 Å². The summed E-state index contributed by atoms with van der Waals surface area (Å²) in [5.74, 6) is -3.03. The molecule has 11 nitrogen and oxygen atoms in total. The van der Waals surface area contributed by atoms with Crippen LogP contribution in [0.15, 0.2) is 48.6 Å². The van der Waals surface area contributed by atoms with E-state index in [9.17, 15) is 19.5 Å². The molecular formula is C25H27N5O6. The Labute approximate surface area is 206 Å². The van der Waals surface area contributed by atoms with Gasteiger partial charge in [-0.05, 0) is 25.0 Å². The zero-order valence-electron chi connectivity index (χ0n) is 19.6. The minimum Gasteiger partial charge on any atom is -0.465 e. The van der Waals surface area contributed by atoms with Crippen molar-refractivity contribution in [3.05, 3.63) is 48.6 Å². The van der Waals surface area contributed by atoms with Crippen LogP contribution in [0, 0.1) is 11.8 Å². The van der Waals surface area contributed by atoms with Crippen LogP contribution in [0.25, 0.3) is 11.0 Å². The van der Waals surface area contributed by atoms with Crippen LogP contribution < -0.4 is 0 Å². The number of benzene rings is 1. The molecule has 0 bridgehead atoms. The summed E-state index contributed by atoms with van der Waals surface area (Å²) in [6.45, 7) is 0.273. The number of esters is 1. The lowest BCUT2D eigenvalue weighted by atomic mass is 9.78. The van der Waals surface area contributed by atoms with Crippen LogP contribution in [0.4, 0.5) is 0 Å². The Balaban J connectivity index is 1.39. The van der Waals surface area contributed by atoms with Gasteiger partial charge in [0.15, 0.2) is 0 Å². The molecule has 188 valence electrons. The molecule has 2 saturated heterocycles. The first kappa shape index (κ1) is 22.9. The number of carbonyl (C=O) groups excluding carboxylic acids is 3. The first-order chi connectivity index (χ1) is 17.5. The fourth-order valence-electron chi connectivity index (χ4n) is 5.96. The average Bonchev–Trinajstić information content (AvgIpc) is 3.47. The fraction of sp³-hybridized carbons (Fsp3) is 0.480. The first-order valence-electron chi connectivity index (χ1n) is 12.2. The molecule has 0 saturated carbocycles. The molecule has 1 spiro atoms. The van der Waals surface area contributed by atoms with Gasteiger partial charge >= 0.3 is 5.97 Å². The van der Waals surface area contributed by atoms with E-state index >= 15 is 0 Å². The summed E-state index contributed by atoms with van der Waals surface area (Å²) >= 11 is 0. The monoisotopic (exact) mass is 493 g/mol. The molecule has 2 aromatic rings. The van der Waals surface area contributed by atoms with E-state index in [0.29, 0.717) is 11.9 Å². The normalized spacial score (nSPS) is 32.9. The number of hydrogen-bond acceptors (Lipinski definition) is 8. The summed E-state index contributed by atoms with van der Waals surface area (Å²) < 4.78 is 13.6. The van der Waals surface area contributed by atoms with Gasteiger partial charge in [0.2, 0.25) is 5.91 Å². The number of allylic oxidation sites excluding steroid dienone is 1. The van der Waals surface area contributed by atoms with Crippen molar-refractivity contribution in [2.75, 3.05) is 26.3 Å². The third-order valence-electron chi connectivity index (χ3n) is 7.50.